The Morgan fingerprint density at radius 2 is 2.11 bits per heavy atom. The topological polar surface area (TPSA) is 42.5 Å². The van der Waals surface area contributed by atoms with E-state index in [0.717, 1.165) is 25.5 Å². The van der Waals surface area contributed by atoms with Gasteiger partial charge in [-0.05, 0) is 65.0 Å². The number of ether oxygens (including phenoxy) is 2. The largest absolute Gasteiger partial charge is 0.353 e. The van der Waals surface area contributed by atoms with Gasteiger partial charge in [0.15, 0.2) is 6.29 Å². The molecule has 0 aromatic carbocycles. The lowest BCUT2D eigenvalue weighted by Gasteiger charge is -2.33. The predicted octanol–water partition coefficient (Wildman–Crippen LogP) is 1.85. The number of piperidine rings is 1. The van der Waals surface area contributed by atoms with Crippen LogP contribution in [0.3, 0.4) is 0 Å². The molecule has 2 heterocycles. The summed E-state index contributed by atoms with van der Waals surface area (Å²) in [6.45, 7) is 7.50. The van der Waals surface area contributed by atoms with Crippen LogP contribution >= 0.6 is 0 Å². The highest BCUT2D eigenvalue weighted by molar-refractivity contribution is 4.78. The molecule has 2 saturated heterocycles. The highest BCUT2D eigenvalue weighted by Crippen LogP contribution is 2.17. The van der Waals surface area contributed by atoms with Crippen LogP contribution in [0.2, 0.25) is 0 Å². The van der Waals surface area contributed by atoms with Gasteiger partial charge in [0.25, 0.3) is 0 Å². The van der Waals surface area contributed by atoms with Gasteiger partial charge in [-0.3, -0.25) is 5.32 Å². The molecule has 0 bridgehead atoms. The van der Waals surface area contributed by atoms with Crippen molar-refractivity contribution < 1.29 is 9.47 Å². The third-order valence-corrected chi connectivity index (χ3v) is 4.03. The Balaban J connectivity index is 1.67. The van der Waals surface area contributed by atoms with Crippen molar-refractivity contribution in [3.8, 4) is 0 Å². The highest BCUT2D eigenvalue weighted by Gasteiger charge is 2.23. The Hall–Kier alpha value is -0.160. The normalized spacial score (nSPS) is 33.0. The first-order valence-corrected chi connectivity index (χ1v) is 7.49. The van der Waals surface area contributed by atoms with E-state index in [-0.39, 0.29) is 12.5 Å². The van der Waals surface area contributed by atoms with Gasteiger partial charge >= 0.3 is 0 Å². The Morgan fingerprint density at radius 1 is 1.22 bits per heavy atom. The summed E-state index contributed by atoms with van der Waals surface area (Å²) in [6, 6.07) is 0.497. The molecular weight excluding hydrogens is 228 g/mol. The fourth-order valence-electron chi connectivity index (χ4n) is 2.90. The van der Waals surface area contributed by atoms with Crippen molar-refractivity contribution >= 4 is 0 Å². The zero-order valence-corrected chi connectivity index (χ0v) is 11.8. The van der Waals surface area contributed by atoms with Gasteiger partial charge in [-0.1, -0.05) is 0 Å². The van der Waals surface area contributed by atoms with Crippen LogP contribution in [-0.4, -0.2) is 38.3 Å². The van der Waals surface area contributed by atoms with Crippen molar-refractivity contribution in [2.75, 3.05) is 19.7 Å². The zero-order chi connectivity index (χ0) is 12.8. The summed E-state index contributed by atoms with van der Waals surface area (Å²) in [7, 11) is 0. The molecule has 0 aliphatic carbocycles. The summed E-state index contributed by atoms with van der Waals surface area (Å²) in [4.78, 5) is 0. The van der Waals surface area contributed by atoms with Crippen molar-refractivity contribution in [3.63, 3.8) is 0 Å². The van der Waals surface area contributed by atoms with Crippen LogP contribution in [0.1, 0.15) is 46.0 Å². The minimum absolute atomic E-state index is 0.00192. The van der Waals surface area contributed by atoms with E-state index in [2.05, 4.69) is 24.5 Å². The smallest absolute Gasteiger partial charge is 0.159 e. The second-order valence-electron chi connectivity index (χ2n) is 5.64. The van der Waals surface area contributed by atoms with E-state index in [0.29, 0.717) is 6.04 Å². The van der Waals surface area contributed by atoms with Crippen molar-refractivity contribution in [2.45, 2.75) is 64.5 Å². The molecule has 106 valence electrons. The molecule has 2 aliphatic heterocycles. The number of hydrogen-bond donors (Lipinski definition) is 2. The molecule has 2 fully saturated rings. The third-order valence-electron chi connectivity index (χ3n) is 4.03. The Kier molecular flexibility index (Phi) is 5.89. The molecule has 0 aromatic rings. The van der Waals surface area contributed by atoms with Crippen LogP contribution in [0, 0.1) is 5.92 Å². The fraction of sp³-hybridized carbons (Fsp3) is 1.00. The summed E-state index contributed by atoms with van der Waals surface area (Å²) < 4.78 is 11.5. The quantitative estimate of drug-likeness (QED) is 0.737. The van der Waals surface area contributed by atoms with E-state index in [9.17, 15) is 0 Å². The second kappa shape index (κ2) is 7.43. The number of rotatable bonds is 5. The van der Waals surface area contributed by atoms with Gasteiger partial charge in [0.2, 0.25) is 0 Å². The Morgan fingerprint density at radius 3 is 2.78 bits per heavy atom. The van der Waals surface area contributed by atoms with E-state index in [1.807, 2.05) is 0 Å². The van der Waals surface area contributed by atoms with Gasteiger partial charge in [0, 0.05) is 12.6 Å². The van der Waals surface area contributed by atoms with E-state index < -0.39 is 0 Å². The van der Waals surface area contributed by atoms with Gasteiger partial charge < -0.3 is 14.8 Å². The minimum Gasteiger partial charge on any atom is -0.353 e. The van der Waals surface area contributed by atoms with Gasteiger partial charge in [-0.2, -0.15) is 0 Å². The molecule has 4 atom stereocenters. The second-order valence-corrected chi connectivity index (χ2v) is 5.64. The molecule has 2 aliphatic rings. The van der Waals surface area contributed by atoms with Crippen LogP contribution in [-0.2, 0) is 9.47 Å². The number of nitrogens with one attached hydrogen (secondary N) is 2. The summed E-state index contributed by atoms with van der Waals surface area (Å²) >= 11 is 0. The van der Waals surface area contributed by atoms with Gasteiger partial charge in [0.1, 0.15) is 6.23 Å². The maximum atomic E-state index is 5.90. The van der Waals surface area contributed by atoms with Crippen molar-refractivity contribution in [1.29, 1.82) is 0 Å². The SMILES string of the molecule is CC(NC(C)C1CCCNC1)OC1CCCCO1. The fourth-order valence-corrected chi connectivity index (χ4v) is 2.90. The molecule has 0 spiro atoms. The first kappa shape index (κ1) is 14.3. The molecule has 2 rings (SSSR count). The van der Waals surface area contributed by atoms with Crippen molar-refractivity contribution in [3.05, 3.63) is 0 Å². The summed E-state index contributed by atoms with van der Waals surface area (Å²) in [5.74, 6) is 0.720. The standard InChI is InChI=1S/C14H28N2O2/c1-11(13-6-5-8-15-10-13)16-12(2)18-14-7-3-4-9-17-14/h11-16H,3-10H2,1-2H3. The first-order valence-electron chi connectivity index (χ1n) is 7.49. The monoisotopic (exact) mass is 256 g/mol. The maximum absolute atomic E-state index is 5.90. The molecule has 4 unspecified atom stereocenters. The molecule has 0 amide bonds. The average molecular weight is 256 g/mol. The van der Waals surface area contributed by atoms with Crippen LogP contribution < -0.4 is 10.6 Å². The lowest BCUT2D eigenvalue weighted by atomic mass is 9.93. The minimum atomic E-state index is -0.00192. The lowest BCUT2D eigenvalue weighted by Crippen LogP contribution is -2.47. The Bertz CT molecular complexity index is 226. The highest BCUT2D eigenvalue weighted by atomic mass is 16.7. The molecule has 0 aromatic heterocycles. The summed E-state index contributed by atoms with van der Waals surface area (Å²) in [5, 5.41) is 7.02. The van der Waals surface area contributed by atoms with Gasteiger partial charge in [0.05, 0.1) is 0 Å². The maximum Gasteiger partial charge on any atom is 0.159 e. The summed E-state index contributed by atoms with van der Waals surface area (Å²) in [6.07, 6.45) is 6.10. The van der Waals surface area contributed by atoms with E-state index in [1.54, 1.807) is 0 Å². The molecule has 0 radical (unpaired) electrons. The molecule has 0 saturated carbocycles. The first-order chi connectivity index (χ1) is 8.75. The van der Waals surface area contributed by atoms with Crippen LogP contribution in [0.5, 0.6) is 0 Å². The van der Waals surface area contributed by atoms with Crippen LogP contribution in [0.25, 0.3) is 0 Å². The van der Waals surface area contributed by atoms with Crippen molar-refractivity contribution in [2.24, 2.45) is 5.92 Å². The molecule has 4 heteroatoms. The molecular formula is C14H28N2O2. The van der Waals surface area contributed by atoms with Gasteiger partial charge in [-0.25, -0.2) is 0 Å². The zero-order valence-electron chi connectivity index (χ0n) is 11.8. The molecule has 2 N–H and O–H groups in total. The van der Waals surface area contributed by atoms with Crippen LogP contribution in [0.15, 0.2) is 0 Å². The predicted molar refractivity (Wildman–Crippen MR) is 72.3 cm³/mol. The average Bonchev–Trinajstić information content (AvgIpc) is 2.40. The van der Waals surface area contributed by atoms with E-state index in [4.69, 9.17) is 9.47 Å². The van der Waals surface area contributed by atoms with E-state index >= 15 is 0 Å². The van der Waals surface area contributed by atoms with Crippen LogP contribution in [0.4, 0.5) is 0 Å². The molecule has 4 nitrogen and oxygen atoms in total. The molecule has 18 heavy (non-hydrogen) atoms. The van der Waals surface area contributed by atoms with Gasteiger partial charge in [-0.15, -0.1) is 0 Å². The van der Waals surface area contributed by atoms with E-state index in [1.165, 1.54) is 32.2 Å². The Labute approximate surface area is 111 Å². The summed E-state index contributed by atoms with van der Waals surface area (Å²) in [5.41, 5.74) is 0. The third kappa shape index (κ3) is 4.50. The number of hydrogen-bond acceptors (Lipinski definition) is 4. The lowest BCUT2D eigenvalue weighted by molar-refractivity contribution is -0.192. The van der Waals surface area contributed by atoms with Crippen molar-refractivity contribution in [1.82, 2.24) is 10.6 Å².